The van der Waals surface area contributed by atoms with Crippen LogP contribution in [0.4, 0.5) is 0 Å². The van der Waals surface area contributed by atoms with Crippen LogP contribution in [0.1, 0.15) is 329 Å². The lowest BCUT2D eigenvalue weighted by Crippen LogP contribution is -2.16. The van der Waals surface area contributed by atoms with Crippen molar-refractivity contribution in [2.24, 2.45) is 0 Å². The first-order valence-electron chi connectivity index (χ1n) is 35.3. The number of carbonyl (C=O) groups excluding carboxylic acids is 3. The molecule has 2 aromatic rings. The minimum absolute atomic E-state index is 0.0689. The van der Waals surface area contributed by atoms with Crippen LogP contribution in [0.25, 0.3) is 0 Å². The second-order valence-corrected chi connectivity index (χ2v) is 24.6. The molecule has 0 amide bonds. The van der Waals surface area contributed by atoms with Gasteiger partial charge < -0.3 is 38.3 Å². The lowest BCUT2D eigenvalue weighted by atomic mass is 10.1. The van der Waals surface area contributed by atoms with Gasteiger partial charge in [0.25, 0.3) is 0 Å². The van der Waals surface area contributed by atoms with Gasteiger partial charge in [0.2, 0.25) is 0 Å². The van der Waals surface area contributed by atoms with Crippen molar-refractivity contribution in [3.8, 4) is 11.5 Å². The van der Waals surface area contributed by atoms with Crippen LogP contribution in [-0.4, -0.2) is 73.9 Å². The second kappa shape index (κ2) is 59.3. The first-order chi connectivity index (χ1) is 41.4. The van der Waals surface area contributed by atoms with Gasteiger partial charge >= 0.3 is 17.9 Å². The fourth-order valence-electron chi connectivity index (χ4n) is 10.2. The highest BCUT2D eigenvalue weighted by atomic mass is 16.6. The predicted molar refractivity (Wildman–Crippen MR) is 352 cm³/mol. The van der Waals surface area contributed by atoms with Crippen molar-refractivity contribution in [1.29, 1.82) is 0 Å². The van der Waals surface area contributed by atoms with Gasteiger partial charge in [0.05, 0.1) is 51.3 Å². The molecule has 0 bridgehead atoms. The van der Waals surface area contributed by atoms with E-state index in [2.05, 4.69) is 20.8 Å². The van der Waals surface area contributed by atoms with Crippen molar-refractivity contribution in [2.45, 2.75) is 356 Å². The quantitative estimate of drug-likeness (QED) is 0.0385. The molecular formula is C74H130O11. The average Bonchev–Trinajstić information content (AvgIpc) is 3.49. The Morgan fingerprint density at radius 2 is 0.588 bits per heavy atom. The highest BCUT2D eigenvalue weighted by molar-refractivity contribution is 5.70. The van der Waals surface area contributed by atoms with Crippen molar-refractivity contribution in [3.63, 3.8) is 0 Å². The number of carbonyl (C=O) groups is 3. The number of hydrogen-bond acceptors (Lipinski definition) is 11. The number of unbranched alkanes of at least 4 members (excludes halogenated alkanes) is 30. The Kier molecular flexibility index (Phi) is 55.4. The van der Waals surface area contributed by atoms with E-state index in [0.717, 1.165) is 86.8 Å². The number of hydrogen-bond donors (Lipinski definition) is 1. The van der Waals surface area contributed by atoms with E-state index in [-0.39, 0.29) is 42.3 Å². The number of aliphatic hydroxyl groups is 1. The molecule has 0 radical (unpaired) electrons. The summed E-state index contributed by atoms with van der Waals surface area (Å²) in [7, 11) is 0. The second-order valence-electron chi connectivity index (χ2n) is 24.6. The molecule has 0 aliphatic heterocycles. The lowest BCUT2D eigenvalue weighted by Gasteiger charge is -2.14. The van der Waals surface area contributed by atoms with Crippen LogP contribution in [-0.2, 0) is 51.3 Å². The van der Waals surface area contributed by atoms with Crippen molar-refractivity contribution in [3.05, 3.63) is 59.7 Å². The maximum atomic E-state index is 12.2. The van der Waals surface area contributed by atoms with Crippen molar-refractivity contribution in [1.82, 2.24) is 0 Å². The van der Waals surface area contributed by atoms with Gasteiger partial charge in [0, 0.05) is 32.3 Å². The summed E-state index contributed by atoms with van der Waals surface area (Å²) in [5.41, 5.74) is 2.16. The minimum atomic E-state index is -0.327. The summed E-state index contributed by atoms with van der Waals surface area (Å²) in [6.45, 7) is 17.8. The Morgan fingerprint density at radius 3 is 0.871 bits per heavy atom. The van der Waals surface area contributed by atoms with Gasteiger partial charge in [-0.3, -0.25) is 14.4 Å². The fraction of sp³-hybridized carbons (Fsp3) is 0.797. The van der Waals surface area contributed by atoms with E-state index in [0.29, 0.717) is 71.7 Å². The monoisotopic (exact) mass is 1190 g/mol. The van der Waals surface area contributed by atoms with Gasteiger partial charge in [-0.05, 0) is 114 Å². The van der Waals surface area contributed by atoms with Gasteiger partial charge in [0.15, 0.2) is 0 Å². The summed E-state index contributed by atoms with van der Waals surface area (Å²) < 4.78 is 39.8. The standard InChI is InChI=1S/C44H78O6.C30H52O5/c1-5-7-9-11-13-15-17-19-21-23-25-29-43(45)49-39(3)28-27-36-48-42-33-31-41(32-34-42)38-47-37-35-40(4)50-44(46)30-26-24-22-20-18-16-14-12-10-8-6-2;1-4-5-6-7-8-9-10-11-12-13-14-17-30(32)35-27(3)16-15-23-34-29-20-18-28(19-21-29)25-33-24-22-26(2)31/h31-34,39-40H,5-30,35-38H2,1-4H3;18-21,26-27,31H,4-17,22-25H2,1-3H3. The smallest absolute Gasteiger partial charge is 0.306 e. The van der Waals surface area contributed by atoms with E-state index in [4.69, 9.17) is 33.2 Å². The van der Waals surface area contributed by atoms with Gasteiger partial charge in [-0.1, -0.05) is 238 Å². The summed E-state index contributed by atoms with van der Waals surface area (Å²) >= 11 is 0. The largest absolute Gasteiger partial charge is 0.494 e. The summed E-state index contributed by atoms with van der Waals surface area (Å²) in [5.74, 6) is 1.43. The summed E-state index contributed by atoms with van der Waals surface area (Å²) in [5, 5.41) is 9.24. The Balaban J connectivity index is 0.000000905. The zero-order valence-electron chi connectivity index (χ0n) is 55.9. The van der Waals surface area contributed by atoms with Gasteiger partial charge in [-0.15, -0.1) is 0 Å². The normalized spacial score (nSPS) is 12.7. The first kappa shape index (κ1) is 79.3. The van der Waals surface area contributed by atoms with E-state index in [1.54, 1.807) is 6.92 Å². The fourth-order valence-corrected chi connectivity index (χ4v) is 10.2. The lowest BCUT2D eigenvalue weighted by molar-refractivity contribution is -0.150. The van der Waals surface area contributed by atoms with E-state index in [1.807, 2.05) is 69.3 Å². The summed E-state index contributed by atoms with van der Waals surface area (Å²) in [6.07, 6.45) is 47.8. The molecule has 11 nitrogen and oxygen atoms in total. The van der Waals surface area contributed by atoms with Crippen molar-refractivity contribution >= 4 is 17.9 Å². The van der Waals surface area contributed by atoms with Crippen LogP contribution in [0, 0.1) is 0 Å². The Hall–Kier alpha value is -3.67. The van der Waals surface area contributed by atoms with Gasteiger partial charge in [0.1, 0.15) is 17.6 Å². The minimum Gasteiger partial charge on any atom is -0.494 e. The number of benzene rings is 2. The van der Waals surface area contributed by atoms with Gasteiger partial charge in [-0.2, -0.15) is 0 Å². The number of esters is 3. The highest BCUT2D eigenvalue weighted by Gasteiger charge is 2.13. The molecular weight excluding hydrogens is 1060 g/mol. The van der Waals surface area contributed by atoms with Crippen molar-refractivity contribution in [2.75, 3.05) is 26.4 Å². The first-order valence-corrected chi connectivity index (χ1v) is 35.3. The molecule has 85 heavy (non-hydrogen) atoms. The Morgan fingerprint density at radius 1 is 0.329 bits per heavy atom. The van der Waals surface area contributed by atoms with E-state index >= 15 is 0 Å². The molecule has 4 atom stereocenters. The average molecular weight is 1200 g/mol. The van der Waals surface area contributed by atoms with Crippen LogP contribution in [0.3, 0.4) is 0 Å². The zero-order chi connectivity index (χ0) is 61.9. The zero-order valence-corrected chi connectivity index (χ0v) is 55.9. The molecule has 0 heterocycles. The van der Waals surface area contributed by atoms with Crippen LogP contribution in [0.5, 0.6) is 11.5 Å². The van der Waals surface area contributed by atoms with E-state index in [1.165, 1.54) is 173 Å². The molecule has 0 aromatic heterocycles. The third-order valence-electron chi connectivity index (χ3n) is 15.7. The number of rotatable bonds is 59. The Labute approximate surface area is 521 Å². The topological polar surface area (TPSA) is 136 Å². The molecule has 0 spiro atoms. The third kappa shape index (κ3) is 54.2. The molecule has 4 unspecified atom stereocenters. The maximum absolute atomic E-state index is 12.2. The van der Waals surface area contributed by atoms with Gasteiger partial charge in [-0.25, -0.2) is 0 Å². The van der Waals surface area contributed by atoms with Crippen LogP contribution in [0.15, 0.2) is 48.5 Å². The predicted octanol–water partition coefficient (Wildman–Crippen LogP) is 20.8. The number of aliphatic hydroxyl groups excluding tert-OH is 1. The Bertz CT molecular complexity index is 1690. The molecule has 0 fully saturated rings. The SMILES string of the molecule is CCCCCCCCCCCCCC(=O)OC(C)CCCOc1ccc(COCCC(C)O)cc1.CCCCCCCCCCCCCC(=O)OC(C)CCCOc1ccc(COCCC(C)OC(=O)CCCCCCCCCCCCC)cc1. The molecule has 0 aliphatic carbocycles. The maximum Gasteiger partial charge on any atom is 0.306 e. The van der Waals surface area contributed by atoms with Crippen LogP contribution >= 0.6 is 0 Å². The number of ether oxygens (including phenoxy) is 7. The van der Waals surface area contributed by atoms with E-state index in [9.17, 15) is 19.5 Å². The summed E-state index contributed by atoms with van der Waals surface area (Å²) in [4.78, 5) is 36.4. The molecule has 492 valence electrons. The van der Waals surface area contributed by atoms with Crippen LogP contribution < -0.4 is 9.47 Å². The van der Waals surface area contributed by atoms with Crippen LogP contribution in [0.2, 0.25) is 0 Å². The highest BCUT2D eigenvalue weighted by Crippen LogP contribution is 2.19. The molecule has 11 heteroatoms. The van der Waals surface area contributed by atoms with E-state index < -0.39 is 0 Å². The molecule has 1 N–H and O–H groups in total. The third-order valence-corrected chi connectivity index (χ3v) is 15.7. The molecule has 2 rings (SSSR count). The molecule has 2 aromatic carbocycles. The molecule has 0 saturated heterocycles. The summed E-state index contributed by atoms with van der Waals surface area (Å²) in [6, 6.07) is 15.9. The molecule has 0 saturated carbocycles. The molecule has 0 aliphatic rings. The van der Waals surface area contributed by atoms with Crippen molar-refractivity contribution < 1.29 is 52.6 Å².